The normalized spacial score (nSPS) is 12.6. The summed E-state index contributed by atoms with van der Waals surface area (Å²) in [6, 6.07) is 9.89. The number of hydrogen-bond acceptors (Lipinski definition) is 3. The monoisotopic (exact) mass is 269 g/mol. The maximum atomic E-state index is 12.2. The number of carbonyl (C=O) groups is 2. The quantitative estimate of drug-likeness (QED) is 0.834. The van der Waals surface area contributed by atoms with Crippen LogP contribution in [0.15, 0.2) is 36.4 Å². The van der Waals surface area contributed by atoms with Crippen molar-refractivity contribution in [3.63, 3.8) is 0 Å². The second-order valence-electron chi connectivity index (χ2n) is 4.47. The third kappa shape index (κ3) is 1.80. The van der Waals surface area contributed by atoms with Crippen molar-refractivity contribution in [2.24, 2.45) is 0 Å². The average Bonchev–Trinajstić information content (AvgIpc) is 2.56. The summed E-state index contributed by atoms with van der Waals surface area (Å²) in [6.07, 6.45) is 0. The number of benzene rings is 2. The van der Waals surface area contributed by atoms with E-state index < -0.39 is 5.97 Å². The van der Waals surface area contributed by atoms with Crippen molar-refractivity contribution in [3.8, 4) is 11.5 Å². The Kier molecular flexibility index (Phi) is 2.68. The third-order valence-electron chi connectivity index (χ3n) is 3.25. The van der Waals surface area contributed by atoms with Gasteiger partial charge in [-0.1, -0.05) is 12.1 Å². The first-order chi connectivity index (χ1) is 9.58. The Bertz CT molecular complexity index is 737. The van der Waals surface area contributed by atoms with Gasteiger partial charge in [0, 0.05) is 0 Å². The zero-order valence-electron chi connectivity index (χ0n) is 10.6. The summed E-state index contributed by atoms with van der Waals surface area (Å²) in [5.41, 5.74) is 1.42. The maximum absolute atomic E-state index is 12.2. The lowest BCUT2D eigenvalue weighted by molar-refractivity contribution is 0.0695. The van der Waals surface area contributed by atoms with Crippen molar-refractivity contribution in [2.75, 3.05) is 5.32 Å². The number of nitrogens with one attached hydrogen (secondary N) is 1. The number of rotatable bonds is 1. The van der Waals surface area contributed by atoms with Crippen molar-refractivity contribution in [3.05, 3.63) is 53.1 Å². The van der Waals surface area contributed by atoms with E-state index in [1.165, 1.54) is 6.07 Å². The van der Waals surface area contributed by atoms with Crippen molar-refractivity contribution in [2.45, 2.75) is 6.92 Å². The zero-order valence-corrected chi connectivity index (χ0v) is 10.6. The molecule has 20 heavy (non-hydrogen) atoms. The summed E-state index contributed by atoms with van der Waals surface area (Å²) in [4.78, 5) is 23.3. The van der Waals surface area contributed by atoms with Crippen molar-refractivity contribution in [1.29, 1.82) is 0 Å². The van der Waals surface area contributed by atoms with Gasteiger partial charge in [-0.05, 0) is 36.8 Å². The molecule has 0 atom stereocenters. The van der Waals surface area contributed by atoms with Crippen LogP contribution in [-0.4, -0.2) is 17.0 Å². The molecule has 0 aliphatic carbocycles. The van der Waals surface area contributed by atoms with E-state index in [1.807, 2.05) is 0 Å². The van der Waals surface area contributed by atoms with Gasteiger partial charge in [-0.15, -0.1) is 0 Å². The van der Waals surface area contributed by atoms with Crippen LogP contribution >= 0.6 is 0 Å². The van der Waals surface area contributed by atoms with Crippen LogP contribution in [0.5, 0.6) is 11.5 Å². The van der Waals surface area contributed by atoms with E-state index in [0.29, 0.717) is 28.3 Å². The number of anilines is 1. The summed E-state index contributed by atoms with van der Waals surface area (Å²) >= 11 is 0. The predicted molar refractivity (Wildman–Crippen MR) is 72.6 cm³/mol. The molecule has 2 N–H and O–H groups in total. The maximum Gasteiger partial charge on any atom is 0.336 e. The van der Waals surface area contributed by atoms with E-state index in [2.05, 4.69) is 5.32 Å². The van der Waals surface area contributed by atoms with Gasteiger partial charge >= 0.3 is 5.97 Å². The number of carboxylic acids is 1. The molecule has 0 spiro atoms. The molecule has 5 heteroatoms. The molecule has 5 nitrogen and oxygen atoms in total. The summed E-state index contributed by atoms with van der Waals surface area (Å²) in [7, 11) is 0. The van der Waals surface area contributed by atoms with Gasteiger partial charge in [0.2, 0.25) is 0 Å². The van der Waals surface area contributed by atoms with Gasteiger partial charge in [-0.25, -0.2) is 4.79 Å². The highest BCUT2D eigenvalue weighted by molar-refractivity contribution is 6.09. The molecule has 3 rings (SSSR count). The van der Waals surface area contributed by atoms with Crippen molar-refractivity contribution in [1.82, 2.24) is 0 Å². The number of carboxylic acid groups (broad SMARTS) is 1. The molecule has 0 saturated carbocycles. The molecule has 0 unspecified atom stereocenters. The van der Waals surface area contributed by atoms with Crippen LogP contribution in [0.3, 0.4) is 0 Å². The Hall–Kier alpha value is -2.82. The van der Waals surface area contributed by atoms with Gasteiger partial charge in [0.15, 0.2) is 5.75 Å². The number of fused-ring (bicyclic) bond motifs is 2. The fraction of sp³-hybridized carbons (Fsp3) is 0.0667. The Morgan fingerprint density at radius 2 is 1.90 bits per heavy atom. The molecule has 0 fully saturated rings. The van der Waals surface area contributed by atoms with Crippen molar-refractivity contribution < 1.29 is 19.4 Å². The molecule has 0 bridgehead atoms. The van der Waals surface area contributed by atoms with Crippen molar-refractivity contribution >= 4 is 17.6 Å². The zero-order chi connectivity index (χ0) is 14.3. The SMILES string of the molecule is Cc1c(C(=O)O)ccc2c1NC(=O)c1ccccc1O2. The molecule has 2 aromatic rings. The van der Waals surface area contributed by atoms with Gasteiger partial charge in [0.1, 0.15) is 5.75 Å². The number of ether oxygens (including phenoxy) is 1. The number of carbonyl (C=O) groups excluding carboxylic acids is 1. The minimum Gasteiger partial charge on any atom is -0.478 e. The highest BCUT2D eigenvalue weighted by atomic mass is 16.5. The first kappa shape index (κ1) is 12.2. The van der Waals surface area contributed by atoms with Crippen LogP contribution in [-0.2, 0) is 0 Å². The minimum absolute atomic E-state index is 0.138. The lowest BCUT2D eigenvalue weighted by Crippen LogP contribution is -2.12. The first-order valence-electron chi connectivity index (χ1n) is 6.03. The van der Waals surface area contributed by atoms with Crippen LogP contribution in [0.25, 0.3) is 0 Å². The standard InChI is InChI=1S/C15H11NO4/c1-8-9(15(18)19)6-7-12-13(8)16-14(17)10-4-2-3-5-11(10)20-12/h2-7H,1H3,(H,16,17)(H,18,19). The Morgan fingerprint density at radius 1 is 1.15 bits per heavy atom. The second-order valence-corrected chi connectivity index (χ2v) is 4.47. The van der Waals surface area contributed by atoms with E-state index >= 15 is 0 Å². The molecule has 0 radical (unpaired) electrons. The Labute approximate surface area is 114 Å². The van der Waals surface area contributed by atoms with Gasteiger partial charge in [-0.3, -0.25) is 4.79 Å². The van der Waals surface area contributed by atoms with Gasteiger partial charge in [0.25, 0.3) is 5.91 Å². The van der Waals surface area contributed by atoms with Gasteiger partial charge in [0.05, 0.1) is 16.8 Å². The molecule has 0 saturated heterocycles. The van der Waals surface area contributed by atoms with E-state index in [-0.39, 0.29) is 11.5 Å². The molecule has 1 aliphatic heterocycles. The van der Waals surface area contributed by atoms with Gasteiger partial charge in [-0.2, -0.15) is 0 Å². The largest absolute Gasteiger partial charge is 0.478 e. The summed E-state index contributed by atoms with van der Waals surface area (Å²) in [5, 5.41) is 11.8. The van der Waals surface area contributed by atoms with E-state index in [4.69, 9.17) is 9.84 Å². The number of aromatic carboxylic acids is 1. The second kappa shape index (κ2) is 4.38. The Morgan fingerprint density at radius 3 is 2.65 bits per heavy atom. The molecule has 1 heterocycles. The lowest BCUT2D eigenvalue weighted by Gasteiger charge is -2.12. The summed E-state index contributed by atoms with van der Waals surface area (Å²) in [6.45, 7) is 1.64. The number of amides is 1. The number of hydrogen-bond donors (Lipinski definition) is 2. The summed E-state index contributed by atoms with van der Waals surface area (Å²) < 4.78 is 5.71. The average molecular weight is 269 g/mol. The van der Waals surface area contributed by atoms with E-state index in [9.17, 15) is 9.59 Å². The van der Waals surface area contributed by atoms with Crippen LogP contribution in [0, 0.1) is 6.92 Å². The fourth-order valence-corrected chi connectivity index (χ4v) is 2.20. The lowest BCUT2D eigenvalue weighted by atomic mass is 10.1. The highest BCUT2D eigenvalue weighted by Crippen LogP contribution is 2.38. The molecule has 0 aromatic heterocycles. The molecular weight excluding hydrogens is 258 g/mol. The minimum atomic E-state index is -1.04. The van der Waals surface area contributed by atoms with Crippen LogP contribution < -0.4 is 10.1 Å². The smallest absolute Gasteiger partial charge is 0.336 e. The molecule has 2 aromatic carbocycles. The Balaban J connectivity index is 2.19. The molecule has 100 valence electrons. The molecular formula is C15H11NO4. The van der Waals surface area contributed by atoms with E-state index in [0.717, 1.165) is 0 Å². The molecule has 1 amide bonds. The highest BCUT2D eigenvalue weighted by Gasteiger charge is 2.23. The van der Waals surface area contributed by atoms with Gasteiger partial charge < -0.3 is 15.2 Å². The van der Waals surface area contributed by atoms with Crippen LogP contribution in [0.2, 0.25) is 0 Å². The third-order valence-corrected chi connectivity index (χ3v) is 3.25. The summed E-state index contributed by atoms with van der Waals surface area (Å²) in [5.74, 6) is -0.469. The van der Waals surface area contributed by atoms with Crippen LogP contribution in [0.4, 0.5) is 5.69 Å². The fourth-order valence-electron chi connectivity index (χ4n) is 2.20. The topological polar surface area (TPSA) is 75.6 Å². The molecule has 1 aliphatic rings. The van der Waals surface area contributed by atoms with E-state index in [1.54, 1.807) is 37.3 Å². The van der Waals surface area contributed by atoms with Crippen LogP contribution in [0.1, 0.15) is 26.3 Å². The predicted octanol–water partition coefficient (Wildman–Crippen LogP) is 3.05. The first-order valence-corrected chi connectivity index (χ1v) is 6.03. The number of para-hydroxylation sites is 1.